The molecule has 6 heteroatoms. The van der Waals surface area contributed by atoms with Crippen LogP contribution in [0.3, 0.4) is 0 Å². The van der Waals surface area contributed by atoms with Crippen LogP contribution in [0.4, 0.5) is 11.6 Å². The van der Waals surface area contributed by atoms with E-state index in [1.807, 2.05) is 19.1 Å². The second-order valence-electron chi connectivity index (χ2n) is 4.26. The monoisotopic (exact) mass is 336 g/mol. The first-order valence-electron chi connectivity index (χ1n) is 5.90. The van der Waals surface area contributed by atoms with Gasteiger partial charge in [0.05, 0.1) is 0 Å². The maximum absolute atomic E-state index is 12.0. The first-order chi connectivity index (χ1) is 9.45. The van der Waals surface area contributed by atoms with Crippen LogP contribution in [-0.4, -0.2) is 11.8 Å². The lowest BCUT2D eigenvalue weighted by atomic mass is 10.2. The highest BCUT2D eigenvalue weighted by Crippen LogP contribution is 2.21. The number of nitrogens with one attached hydrogen (secondary N) is 2. The molecule has 2 N–H and O–H groups in total. The van der Waals surface area contributed by atoms with E-state index >= 15 is 0 Å². The molecule has 20 heavy (non-hydrogen) atoms. The Balaban J connectivity index is 2.11. The minimum absolute atomic E-state index is 0.135. The maximum Gasteiger partial charge on any atom is 0.291 e. The molecule has 2 amide bonds. The Morgan fingerprint density at radius 2 is 1.90 bits per heavy atom. The third-order valence-corrected chi connectivity index (χ3v) is 3.06. The van der Waals surface area contributed by atoms with E-state index in [-0.39, 0.29) is 23.5 Å². The predicted molar refractivity (Wildman–Crippen MR) is 79.8 cm³/mol. The number of furan rings is 1. The van der Waals surface area contributed by atoms with Gasteiger partial charge in [-0.2, -0.15) is 0 Å². The minimum atomic E-state index is -0.368. The van der Waals surface area contributed by atoms with Crippen molar-refractivity contribution in [3.8, 4) is 0 Å². The molecule has 0 saturated heterocycles. The Morgan fingerprint density at radius 1 is 1.15 bits per heavy atom. The van der Waals surface area contributed by atoms with Gasteiger partial charge in [0.25, 0.3) is 5.91 Å². The zero-order valence-electron chi connectivity index (χ0n) is 11.0. The van der Waals surface area contributed by atoms with Gasteiger partial charge in [-0.1, -0.05) is 15.9 Å². The zero-order chi connectivity index (χ0) is 14.7. The third kappa shape index (κ3) is 3.48. The fourth-order valence-electron chi connectivity index (χ4n) is 1.65. The van der Waals surface area contributed by atoms with Gasteiger partial charge in [-0.05, 0) is 36.8 Å². The quantitative estimate of drug-likeness (QED) is 0.900. The van der Waals surface area contributed by atoms with E-state index in [9.17, 15) is 9.59 Å². The van der Waals surface area contributed by atoms with E-state index in [2.05, 4.69) is 26.6 Å². The molecule has 0 aliphatic heterocycles. The van der Waals surface area contributed by atoms with Crippen LogP contribution in [0.25, 0.3) is 0 Å². The van der Waals surface area contributed by atoms with Crippen molar-refractivity contribution in [3.63, 3.8) is 0 Å². The predicted octanol–water partition coefficient (Wildman–Crippen LogP) is 3.56. The molecule has 1 aromatic heterocycles. The largest absolute Gasteiger partial charge is 0.435 e. The summed E-state index contributed by atoms with van der Waals surface area (Å²) in [4.78, 5) is 22.9. The summed E-state index contributed by atoms with van der Waals surface area (Å²) in [5.74, 6) is -0.242. The molecule has 1 aromatic carbocycles. The molecule has 2 aromatic rings. The molecule has 0 spiro atoms. The van der Waals surface area contributed by atoms with Gasteiger partial charge >= 0.3 is 0 Å². The van der Waals surface area contributed by atoms with Crippen molar-refractivity contribution in [3.05, 3.63) is 46.1 Å². The molecule has 0 saturated carbocycles. The second-order valence-corrected chi connectivity index (χ2v) is 5.17. The summed E-state index contributed by atoms with van der Waals surface area (Å²) in [6.45, 7) is 3.26. The highest BCUT2D eigenvalue weighted by molar-refractivity contribution is 9.10. The highest BCUT2D eigenvalue weighted by Gasteiger charge is 2.13. The van der Waals surface area contributed by atoms with E-state index in [4.69, 9.17) is 4.42 Å². The lowest BCUT2D eigenvalue weighted by molar-refractivity contribution is -0.114. The summed E-state index contributed by atoms with van der Waals surface area (Å²) in [5.41, 5.74) is 1.64. The standard InChI is InChI=1S/C14H13BrN2O3/c1-8-7-10(15)3-4-11(8)17-14(19)12-5-6-13(20-12)16-9(2)18/h3-7H,1-2H3,(H,16,18)(H,17,19). The SMILES string of the molecule is CC(=O)Nc1ccc(C(=O)Nc2ccc(Br)cc2C)o1. The molecular formula is C14H13BrN2O3. The lowest BCUT2D eigenvalue weighted by Crippen LogP contribution is -2.12. The number of carbonyl (C=O) groups is 2. The van der Waals surface area contributed by atoms with Gasteiger partial charge in [-0.15, -0.1) is 0 Å². The summed E-state index contributed by atoms with van der Waals surface area (Å²) in [6, 6.07) is 8.59. The van der Waals surface area contributed by atoms with Crippen molar-refractivity contribution in [1.82, 2.24) is 0 Å². The molecule has 5 nitrogen and oxygen atoms in total. The molecule has 0 radical (unpaired) electrons. The van der Waals surface area contributed by atoms with Crippen LogP contribution < -0.4 is 10.6 Å². The van der Waals surface area contributed by atoms with Crippen LogP contribution in [0.15, 0.2) is 39.2 Å². The van der Waals surface area contributed by atoms with Gasteiger partial charge in [0, 0.05) is 23.2 Å². The topological polar surface area (TPSA) is 71.3 Å². The average Bonchev–Trinajstić information content (AvgIpc) is 2.80. The average molecular weight is 337 g/mol. The van der Waals surface area contributed by atoms with Crippen LogP contribution in [0, 0.1) is 6.92 Å². The number of hydrogen-bond acceptors (Lipinski definition) is 3. The summed E-state index contributed by atoms with van der Waals surface area (Å²) in [7, 11) is 0. The lowest BCUT2D eigenvalue weighted by Gasteiger charge is -2.07. The second kappa shape index (κ2) is 5.92. The van der Waals surface area contributed by atoms with Gasteiger partial charge < -0.3 is 9.73 Å². The fraction of sp³-hybridized carbons (Fsp3) is 0.143. The molecule has 0 aliphatic carbocycles. The van der Waals surface area contributed by atoms with Crippen LogP contribution in [0.1, 0.15) is 23.0 Å². The van der Waals surface area contributed by atoms with E-state index in [1.165, 1.54) is 19.1 Å². The first kappa shape index (κ1) is 14.3. The molecule has 0 aliphatic rings. The number of amides is 2. The Bertz CT molecular complexity index is 664. The van der Waals surface area contributed by atoms with E-state index in [0.29, 0.717) is 5.69 Å². The third-order valence-electron chi connectivity index (χ3n) is 2.57. The summed E-state index contributed by atoms with van der Waals surface area (Å²) < 4.78 is 6.18. The minimum Gasteiger partial charge on any atom is -0.435 e. The summed E-state index contributed by atoms with van der Waals surface area (Å²) in [6.07, 6.45) is 0. The maximum atomic E-state index is 12.0. The van der Waals surface area contributed by atoms with Crippen LogP contribution in [-0.2, 0) is 4.79 Å². The number of aryl methyl sites for hydroxylation is 1. The summed E-state index contributed by atoms with van der Waals surface area (Å²) in [5, 5.41) is 5.23. The Hall–Kier alpha value is -2.08. The van der Waals surface area contributed by atoms with Crippen LogP contribution >= 0.6 is 15.9 Å². The van der Waals surface area contributed by atoms with Gasteiger partial charge in [0.2, 0.25) is 5.91 Å². The fourth-order valence-corrected chi connectivity index (χ4v) is 2.13. The number of hydrogen-bond donors (Lipinski definition) is 2. The molecular weight excluding hydrogens is 324 g/mol. The number of rotatable bonds is 3. The van der Waals surface area contributed by atoms with Crippen LogP contribution in [0.2, 0.25) is 0 Å². The van der Waals surface area contributed by atoms with Crippen molar-refractivity contribution in [2.24, 2.45) is 0 Å². The smallest absolute Gasteiger partial charge is 0.291 e. The summed E-state index contributed by atoms with van der Waals surface area (Å²) >= 11 is 3.36. The molecule has 1 heterocycles. The molecule has 2 rings (SSSR count). The Kier molecular flexibility index (Phi) is 4.24. The molecule has 0 atom stereocenters. The van der Waals surface area contributed by atoms with Crippen molar-refractivity contribution in [1.29, 1.82) is 0 Å². The number of carbonyl (C=O) groups excluding carboxylic acids is 2. The molecule has 0 unspecified atom stereocenters. The number of anilines is 2. The Morgan fingerprint density at radius 3 is 2.55 bits per heavy atom. The molecule has 0 bridgehead atoms. The van der Waals surface area contributed by atoms with E-state index in [1.54, 1.807) is 6.07 Å². The molecule has 104 valence electrons. The van der Waals surface area contributed by atoms with E-state index in [0.717, 1.165) is 10.0 Å². The number of benzene rings is 1. The van der Waals surface area contributed by atoms with Gasteiger partial charge in [-0.3, -0.25) is 14.9 Å². The number of halogens is 1. The van der Waals surface area contributed by atoms with Gasteiger partial charge in [0.1, 0.15) is 0 Å². The normalized spacial score (nSPS) is 10.2. The zero-order valence-corrected chi connectivity index (χ0v) is 12.6. The van der Waals surface area contributed by atoms with E-state index < -0.39 is 0 Å². The highest BCUT2D eigenvalue weighted by atomic mass is 79.9. The van der Waals surface area contributed by atoms with Crippen molar-refractivity contribution in [2.45, 2.75) is 13.8 Å². The van der Waals surface area contributed by atoms with Crippen molar-refractivity contribution in [2.75, 3.05) is 10.6 Å². The van der Waals surface area contributed by atoms with Crippen molar-refractivity contribution < 1.29 is 14.0 Å². The van der Waals surface area contributed by atoms with Crippen molar-refractivity contribution >= 4 is 39.3 Å². The van der Waals surface area contributed by atoms with Crippen LogP contribution in [0.5, 0.6) is 0 Å². The van der Waals surface area contributed by atoms with Gasteiger partial charge in [-0.25, -0.2) is 0 Å². The Labute approximate surface area is 124 Å². The first-order valence-corrected chi connectivity index (χ1v) is 6.70. The van der Waals surface area contributed by atoms with Gasteiger partial charge in [0.15, 0.2) is 11.6 Å². The molecule has 0 fully saturated rings.